The number of ether oxygens (including phenoxy) is 2. The van der Waals surface area contributed by atoms with Gasteiger partial charge < -0.3 is 15.2 Å². The van der Waals surface area contributed by atoms with Crippen LogP contribution in [0.5, 0.6) is 11.5 Å². The van der Waals surface area contributed by atoms with Crippen molar-refractivity contribution < 1.29 is 9.47 Å². The maximum atomic E-state index is 6.17. The van der Waals surface area contributed by atoms with Crippen molar-refractivity contribution in [3.05, 3.63) is 23.8 Å². The predicted molar refractivity (Wildman–Crippen MR) is 88.5 cm³/mol. The monoisotopic (exact) mass is 307 g/mol. The van der Waals surface area contributed by atoms with E-state index in [2.05, 4.69) is 25.1 Å². The third kappa shape index (κ3) is 3.02. The third-order valence-electron chi connectivity index (χ3n) is 4.81. The van der Waals surface area contributed by atoms with Crippen molar-refractivity contribution in [3.8, 4) is 11.5 Å². The zero-order valence-corrected chi connectivity index (χ0v) is 13.7. The lowest BCUT2D eigenvalue weighted by Gasteiger charge is -2.25. The van der Waals surface area contributed by atoms with Gasteiger partial charge in [-0.15, -0.1) is 0 Å². The molecule has 1 aromatic rings. The van der Waals surface area contributed by atoms with Crippen molar-refractivity contribution in [1.82, 2.24) is 0 Å². The van der Waals surface area contributed by atoms with Gasteiger partial charge >= 0.3 is 0 Å². The smallest absolute Gasteiger partial charge is 0.161 e. The number of nitrogens with two attached hydrogens (primary N) is 1. The van der Waals surface area contributed by atoms with Crippen molar-refractivity contribution >= 4 is 11.8 Å². The van der Waals surface area contributed by atoms with Crippen molar-refractivity contribution in [2.45, 2.75) is 50.2 Å². The molecule has 2 aliphatic rings. The Morgan fingerprint density at radius 1 is 1.33 bits per heavy atom. The molecule has 1 aliphatic heterocycles. The van der Waals surface area contributed by atoms with E-state index in [0.717, 1.165) is 23.7 Å². The Bertz CT molecular complexity index is 494. The first kappa shape index (κ1) is 15.0. The molecule has 1 aliphatic carbocycles. The Kier molecular flexibility index (Phi) is 4.36. The second kappa shape index (κ2) is 6.09. The van der Waals surface area contributed by atoms with Gasteiger partial charge in [-0.1, -0.05) is 6.07 Å². The Labute approximate surface area is 131 Å². The standard InChI is InChI=1S/C17H25NO2S/c1-12(18)17(7-8-17)13-5-6-15(16(10-13)19-2)20-14-4-3-9-21-11-14/h5-6,10,12,14H,3-4,7-9,11,18H2,1-2H3. The predicted octanol–water partition coefficient (Wildman–Crippen LogP) is 3.35. The van der Waals surface area contributed by atoms with E-state index in [1.54, 1.807) is 7.11 Å². The summed E-state index contributed by atoms with van der Waals surface area (Å²) in [6.45, 7) is 2.10. The van der Waals surface area contributed by atoms with Gasteiger partial charge in [0, 0.05) is 17.2 Å². The molecule has 2 N–H and O–H groups in total. The van der Waals surface area contributed by atoms with Crippen LogP contribution >= 0.6 is 11.8 Å². The molecule has 1 heterocycles. The molecule has 3 nitrogen and oxygen atoms in total. The normalized spacial score (nSPS) is 25.2. The van der Waals surface area contributed by atoms with Crippen LogP contribution in [0.3, 0.4) is 0 Å². The summed E-state index contributed by atoms with van der Waals surface area (Å²) < 4.78 is 11.7. The number of methoxy groups -OCH3 is 1. The zero-order chi connectivity index (χ0) is 14.9. The summed E-state index contributed by atoms with van der Waals surface area (Å²) in [6, 6.07) is 6.55. The lowest BCUT2D eigenvalue weighted by atomic mass is 9.89. The Morgan fingerprint density at radius 3 is 2.71 bits per heavy atom. The van der Waals surface area contributed by atoms with Crippen LogP contribution in [-0.4, -0.2) is 30.8 Å². The van der Waals surface area contributed by atoms with E-state index in [4.69, 9.17) is 15.2 Å². The molecule has 1 aromatic carbocycles. The van der Waals surface area contributed by atoms with Crippen LogP contribution < -0.4 is 15.2 Å². The average molecular weight is 307 g/mol. The summed E-state index contributed by atoms with van der Waals surface area (Å²) in [5.41, 5.74) is 7.62. The molecule has 116 valence electrons. The Morgan fingerprint density at radius 2 is 2.14 bits per heavy atom. The van der Waals surface area contributed by atoms with Gasteiger partial charge in [0.2, 0.25) is 0 Å². The summed E-state index contributed by atoms with van der Waals surface area (Å²) in [4.78, 5) is 0. The molecule has 2 unspecified atom stereocenters. The minimum absolute atomic E-state index is 0.159. The molecule has 2 fully saturated rings. The summed E-state index contributed by atoms with van der Waals surface area (Å²) in [6.07, 6.45) is 5.04. The molecular weight excluding hydrogens is 282 g/mol. The highest BCUT2D eigenvalue weighted by molar-refractivity contribution is 7.99. The summed E-state index contributed by atoms with van der Waals surface area (Å²) >= 11 is 1.97. The van der Waals surface area contributed by atoms with Gasteiger partial charge in [0.1, 0.15) is 6.10 Å². The fourth-order valence-electron chi connectivity index (χ4n) is 3.20. The number of benzene rings is 1. The number of hydrogen-bond acceptors (Lipinski definition) is 4. The Balaban J connectivity index is 1.79. The van der Waals surface area contributed by atoms with Gasteiger partial charge in [0.05, 0.1) is 7.11 Å². The molecule has 1 saturated carbocycles. The first-order chi connectivity index (χ1) is 10.2. The van der Waals surface area contributed by atoms with E-state index in [1.165, 1.54) is 30.6 Å². The average Bonchev–Trinajstić information content (AvgIpc) is 3.30. The fraction of sp³-hybridized carbons (Fsp3) is 0.647. The lowest BCUT2D eigenvalue weighted by Crippen LogP contribution is -2.31. The van der Waals surface area contributed by atoms with Crippen molar-refractivity contribution in [2.75, 3.05) is 18.6 Å². The molecule has 0 amide bonds. The zero-order valence-electron chi connectivity index (χ0n) is 12.9. The first-order valence-electron chi connectivity index (χ1n) is 7.84. The second-order valence-corrected chi connectivity index (χ2v) is 7.42. The third-order valence-corrected chi connectivity index (χ3v) is 6.00. The van der Waals surface area contributed by atoms with Gasteiger partial charge in [-0.3, -0.25) is 0 Å². The molecule has 3 rings (SSSR count). The largest absolute Gasteiger partial charge is 0.493 e. The van der Waals surface area contributed by atoms with Gasteiger partial charge in [-0.05, 0) is 56.1 Å². The van der Waals surface area contributed by atoms with Crippen LogP contribution in [0.1, 0.15) is 38.2 Å². The summed E-state index contributed by atoms with van der Waals surface area (Å²) in [5, 5.41) is 0. The molecule has 4 heteroatoms. The minimum atomic E-state index is 0.159. The minimum Gasteiger partial charge on any atom is -0.493 e. The molecule has 0 aromatic heterocycles. The summed E-state index contributed by atoms with van der Waals surface area (Å²) in [5.74, 6) is 4.05. The molecule has 1 saturated heterocycles. The highest BCUT2D eigenvalue weighted by Gasteiger charge is 2.47. The van der Waals surface area contributed by atoms with E-state index >= 15 is 0 Å². The topological polar surface area (TPSA) is 44.5 Å². The highest BCUT2D eigenvalue weighted by Crippen LogP contribution is 2.51. The first-order valence-corrected chi connectivity index (χ1v) is 9.00. The maximum absolute atomic E-state index is 6.17. The second-order valence-electron chi connectivity index (χ2n) is 6.27. The SMILES string of the molecule is COc1cc(C2(C(C)N)CC2)ccc1OC1CCCSC1. The molecule has 21 heavy (non-hydrogen) atoms. The highest BCUT2D eigenvalue weighted by atomic mass is 32.2. The Hall–Kier alpha value is -0.870. The number of hydrogen-bond donors (Lipinski definition) is 1. The van der Waals surface area contributed by atoms with Crippen LogP contribution in [-0.2, 0) is 5.41 Å². The van der Waals surface area contributed by atoms with E-state index < -0.39 is 0 Å². The van der Waals surface area contributed by atoms with Gasteiger partial charge in [0.25, 0.3) is 0 Å². The van der Waals surface area contributed by atoms with Crippen LogP contribution in [0.4, 0.5) is 0 Å². The van der Waals surface area contributed by atoms with E-state index in [9.17, 15) is 0 Å². The summed E-state index contributed by atoms with van der Waals surface area (Å²) in [7, 11) is 1.72. The van der Waals surface area contributed by atoms with Gasteiger partial charge in [-0.25, -0.2) is 0 Å². The number of rotatable bonds is 5. The maximum Gasteiger partial charge on any atom is 0.161 e. The molecule has 0 radical (unpaired) electrons. The van der Waals surface area contributed by atoms with Crippen molar-refractivity contribution in [1.29, 1.82) is 0 Å². The number of thioether (sulfide) groups is 1. The van der Waals surface area contributed by atoms with Crippen LogP contribution in [0.15, 0.2) is 18.2 Å². The van der Waals surface area contributed by atoms with E-state index in [0.29, 0.717) is 6.10 Å². The van der Waals surface area contributed by atoms with Gasteiger partial charge in [-0.2, -0.15) is 11.8 Å². The quantitative estimate of drug-likeness (QED) is 0.906. The van der Waals surface area contributed by atoms with Crippen LogP contribution in [0, 0.1) is 0 Å². The van der Waals surface area contributed by atoms with Crippen molar-refractivity contribution in [3.63, 3.8) is 0 Å². The lowest BCUT2D eigenvalue weighted by molar-refractivity contribution is 0.202. The molecular formula is C17H25NO2S. The van der Waals surface area contributed by atoms with Gasteiger partial charge in [0.15, 0.2) is 11.5 Å². The van der Waals surface area contributed by atoms with Crippen LogP contribution in [0.25, 0.3) is 0 Å². The fourth-order valence-corrected chi connectivity index (χ4v) is 4.23. The van der Waals surface area contributed by atoms with Crippen LogP contribution in [0.2, 0.25) is 0 Å². The van der Waals surface area contributed by atoms with E-state index in [-0.39, 0.29) is 11.5 Å². The molecule has 2 atom stereocenters. The molecule has 0 spiro atoms. The van der Waals surface area contributed by atoms with Crippen molar-refractivity contribution in [2.24, 2.45) is 5.73 Å². The molecule has 0 bridgehead atoms. The van der Waals surface area contributed by atoms with E-state index in [1.807, 2.05) is 11.8 Å².